The summed E-state index contributed by atoms with van der Waals surface area (Å²) >= 11 is 0. The summed E-state index contributed by atoms with van der Waals surface area (Å²) < 4.78 is 0. The number of fused-ring (bicyclic) bond motifs is 1. The van der Waals surface area contributed by atoms with E-state index < -0.39 is 11.6 Å². The number of nitrogens with zero attached hydrogens (tertiary/aromatic N) is 1. The van der Waals surface area contributed by atoms with E-state index in [2.05, 4.69) is 5.32 Å². The first kappa shape index (κ1) is 18.1. The van der Waals surface area contributed by atoms with Crippen molar-refractivity contribution in [3.05, 3.63) is 65.7 Å². The zero-order chi connectivity index (χ0) is 18.7. The quantitative estimate of drug-likeness (QED) is 0.827. The fraction of sp³-hybridized carbons (Fsp3) is 0.333. The van der Waals surface area contributed by atoms with Gasteiger partial charge < -0.3 is 5.32 Å². The monoisotopic (exact) mass is 352 g/mol. The Morgan fingerprint density at radius 2 is 1.77 bits per heavy atom. The highest BCUT2D eigenvalue weighted by Gasteiger charge is 2.42. The Bertz CT molecular complexity index is 802. The molecule has 5 heteroatoms. The number of Topliss-reactive ketones (excluding diaryl/α,β-unsaturated/α-hetero) is 1. The fourth-order valence-corrected chi connectivity index (χ4v) is 3.23. The molecule has 0 fully saturated rings. The Morgan fingerprint density at radius 3 is 2.46 bits per heavy atom. The number of rotatable bonds is 5. The minimum Gasteiger partial charge on any atom is -0.371 e. The zero-order valence-corrected chi connectivity index (χ0v) is 15.4. The van der Waals surface area contributed by atoms with Crippen LogP contribution in [0.3, 0.4) is 0 Å². The first-order chi connectivity index (χ1) is 12.4. The van der Waals surface area contributed by atoms with Crippen molar-refractivity contribution >= 4 is 17.4 Å². The number of hydrogen-bond acceptors (Lipinski definition) is 4. The number of hydroxylamine groups is 2. The van der Waals surface area contributed by atoms with Gasteiger partial charge in [-0.15, -0.1) is 0 Å². The normalized spacial score (nSPS) is 18.7. The number of para-hydroxylation sites is 1. The molecule has 1 atom stereocenters. The van der Waals surface area contributed by atoms with Crippen LogP contribution in [0.4, 0.5) is 5.69 Å². The van der Waals surface area contributed by atoms with Gasteiger partial charge in [0, 0.05) is 23.2 Å². The number of hydrogen-bond donors (Lipinski definition) is 1. The Morgan fingerprint density at radius 1 is 1.12 bits per heavy atom. The molecule has 0 spiro atoms. The van der Waals surface area contributed by atoms with Crippen molar-refractivity contribution in [3.8, 4) is 0 Å². The van der Waals surface area contributed by atoms with E-state index in [0.29, 0.717) is 12.2 Å². The van der Waals surface area contributed by atoms with Gasteiger partial charge in [0.2, 0.25) is 0 Å². The van der Waals surface area contributed by atoms with Gasteiger partial charge in [0.15, 0.2) is 5.78 Å². The van der Waals surface area contributed by atoms with Crippen molar-refractivity contribution in [1.29, 1.82) is 0 Å². The Kier molecular flexibility index (Phi) is 5.09. The van der Waals surface area contributed by atoms with Crippen LogP contribution < -0.4 is 5.32 Å². The molecule has 0 saturated carbocycles. The van der Waals surface area contributed by atoms with Gasteiger partial charge in [-0.3, -0.25) is 14.4 Å². The summed E-state index contributed by atoms with van der Waals surface area (Å²) in [7, 11) is 0. The molecule has 0 bridgehead atoms. The number of amides is 1. The highest BCUT2D eigenvalue weighted by Crippen LogP contribution is 2.37. The number of benzene rings is 2. The van der Waals surface area contributed by atoms with Gasteiger partial charge in [0.1, 0.15) is 5.54 Å². The molecule has 0 aromatic heterocycles. The lowest BCUT2D eigenvalue weighted by atomic mass is 9.96. The molecular formula is C21H24N2O3. The van der Waals surface area contributed by atoms with E-state index in [0.717, 1.165) is 11.3 Å². The molecular weight excluding hydrogens is 328 g/mol. The molecule has 1 N–H and O–H groups in total. The van der Waals surface area contributed by atoms with Crippen molar-refractivity contribution in [2.24, 2.45) is 0 Å². The predicted octanol–water partition coefficient (Wildman–Crippen LogP) is 3.98. The molecule has 1 heterocycles. The highest BCUT2D eigenvalue weighted by molar-refractivity contribution is 5.97. The van der Waals surface area contributed by atoms with Crippen molar-refractivity contribution in [2.45, 2.75) is 38.8 Å². The minimum atomic E-state index is -0.837. The number of ketones is 1. The summed E-state index contributed by atoms with van der Waals surface area (Å²) in [6.45, 7) is 5.82. The Hall–Kier alpha value is -2.66. The molecule has 136 valence electrons. The molecule has 1 aliphatic rings. The van der Waals surface area contributed by atoms with Crippen molar-refractivity contribution in [3.63, 3.8) is 0 Å². The lowest BCUT2D eigenvalue weighted by Gasteiger charge is -2.32. The summed E-state index contributed by atoms with van der Waals surface area (Å²) in [5.41, 5.74) is 1.52. The molecule has 1 amide bonds. The largest absolute Gasteiger partial charge is 0.371 e. The molecule has 2 aromatic carbocycles. The van der Waals surface area contributed by atoms with Crippen molar-refractivity contribution in [1.82, 2.24) is 5.06 Å². The van der Waals surface area contributed by atoms with E-state index in [-0.39, 0.29) is 18.1 Å². The van der Waals surface area contributed by atoms with E-state index >= 15 is 0 Å². The van der Waals surface area contributed by atoms with Crippen LogP contribution in [0.15, 0.2) is 54.6 Å². The van der Waals surface area contributed by atoms with Crippen molar-refractivity contribution in [2.75, 3.05) is 11.9 Å². The maximum absolute atomic E-state index is 13.1. The molecule has 2 aromatic rings. The van der Waals surface area contributed by atoms with E-state index in [1.54, 1.807) is 12.1 Å². The average Bonchev–Trinajstić information content (AvgIpc) is 2.71. The average molecular weight is 352 g/mol. The number of carbonyl (C=O) groups is 2. The fourth-order valence-electron chi connectivity index (χ4n) is 3.23. The Balaban J connectivity index is 2.03. The SMILES string of the molecule is CCON1C(=O)C(C)(C)Nc2ccccc2[C@H]1CC(=O)c1ccccc1. The van der Waals surface area contributed by atoms with Gasteiger partial charge in [0.25, 0.3) is 5.91 Å². The first-order valence-electron chi connectivity index (χ1n) is 8.86. The van der Waals surface area contributed by atoms with Crippen LogP contribution in [0.2, 0.25) is 0 Å². The van der Waals surface area contributed by atoms with Gasteiger partial charge in [-0.25, -0.2) is 5.06 Å². The highest BCUT2D eigenvalue weighted by atomic mass is 16.7. The molecule has 5 nitrogen and oxygen atoms in total. The molecule has 0 radical (unpaired) electrons. The second-order valence-electron chi connectivity index (χ2n) is 6.90. The second kappa shape index (κ2) is 7.30. The zero-order valence-electron chi connectivity index (χ0n) is 15.4. The van der Waals surface area contributed by atoms with Gasteiger partial charge in [0.05, 0.1) is 12.6 Å². The second-order valence-corrected chi connectivity index (χ2v) is 6.90. The lowest BCUT2D eigenvalue weighted by molar-refractivity contribution is -0.202. The van der Waals surface area contributed by atoms with E-state index in [9.17, 15) is 9.59 Å². The van der Waals surface area contributed by atoms with E-state index in [4.69, 9.17) is 4.84 Å². The third-order valence-electron chi connectivity index (χ3n) is 4.53. The maximum Gasteiger partial charge on any atom is 0.271 e. The van der Waals surface area contributed by atoms with Gasteiger partial charge >= 0.3 is 0 Å². The lowest BCUT2D eigenvalue weighted by Crippen LogP contribution is -2.49. The molecule has 3 rings (SSSR count). The van der Waals surface area contributed by atoms with Crippen LogP contribution in [0.1, 0.15) is 49.2 Å². The smallest absolute Gasteiger partial charge is 0.271 e. The van der Waals surface area contributed by atoms with Crippen LogP contribution >= 0.6 is 0 Å². The van der Waals surface area contributed by atoms with Gasteiger partial charge in [-0.1, -0.05) is 48.5 Å². The third-order valence-corrected chi connectivity index (χ3v) is 4.53. The van der Waals surface area contributed by atoms with Crippen LogP contribution in [0.25, 0.3) is 0 Å². The summed E-state index contributed by atoms with van der Waals surface area (Å²) in [6.07, 6.45) is 0.157. The summed E-state index contributed by atoms with van der Waals surface area (Å²) in [4.78, 5) is 31.6. The summed E-state index contributed by atoms with van der Waals surface area (Å²) in [5, 5.41) is 4.67. The molecule has 26 heavy (non-hydrogen) atoms. The minimum absolute atomic E-state index is 0.0254. The van der Waals surface area contributed by atoms with Crippen molar-refractivity contribution < 1.29 is 14.4 Å². The maximum atomic E-state index is 13.1. The van der Waals surface area contributed by atoms with Crippen LogP contribution in [-0.4, -0.2) is 28.9 Å². The third kappa shape index (κ3) is 3.48. The summed E-state index contributed by atoms with van der Waals surface area (Å²) in [6, 6.07) is 16.3. The topological polar surface area (TPSA) is 58.6 Å². The Labute approximate surface area is 153 Å². The van der Waals surface area contributed by atoms with Gasteiger partial charge in [-0.05, 0) is 26.8 Å². The number of carbonyl (C=O) groups excluding carboxylic acids is 2. The number of nitrogens with one attached hydrogen (secondary N) is 1. The van der Waals surface area contributed by atoms with Crippen LogP contribution in [-0.2, 0) is 9.63 Å². The first-order valence-corrected chi connectivity index (χ1v) is 8.86. The molecule has 0 aliphatic carbocycles. The van der Waals surface area contributed by atoms with Crippen LogP contribution in [0.5, 0.6) is 0 Å². The summed E-state index contributed by atoms with van der Waals surface area (Å²) in [5.74, 6) is -0.218. The molecule has 1 aliphatic heterocycles. The van der Waals surface area contributed by atoms with E-state index in [1.165, 1.54) is 5.06 Å². The van der Waals surface area contributed by atoms with E-state index in [1.807, 2.05) is 63.2 Å². The van der Waals surface area contributed by atoms with Crippen LogP contribution in [0, 0.1) is 0 Å². The molecule has 0 saturated heterocycles. The number of anilines is 1. The predicted molar refractivity (Wildman–Crippen MR) is 101 cm³/mol. The standard InChI is InChI=1S/C21H24N2O3/c1-4-26-23-18(14-19(24)15-10-6-5-7-11-15)16-12-8-9-13-17(16)22-21(2,3)20(23)25/h5-13,18,22H,4,14H2,1-3H3/t18-/m1/s1. The molecule has 0 unspecified atom stereocenters. The van der Waals surface area contributed by atoms with Gasteiger partial charge in [-0.2, -0.15) is 0 Å².